The lowest BCUT2D eigenvalue weighted by Crippen LogP contribution is -2.24. The summed E-state index contributed by atoms with van der Waals surface area (Å²) in [6.07, 6.45) is 5.85. The van der Waals surface area contributed by atoms with E-state index in [1.165, 1.54) is 36.2 Å². The fourth-order valence-electron chi connectivity index (χ4n) is 3.31. The summed E-state index contributed by atoms with van der Waals surface area (Å²) in [5.41, 5.74) is 4.78. The second-order valence-electron chi connectivity index (χ2n) is 6.35. The summed E-state index contributed by atoms with van der Waals surface area (Å²) in [5, 5.41) is 6.86. The highest BCUT2D eigenvalue weighted by Gasteiger charge is 2.11. The second-order valence-corrected chi connectivity index (χ2v) is 6.35. The van der Waals surface area contributed by atoms with Gasteiger partial charge in [-0.25, -0.2) is 0 Å². The Bertz CT molecular complexity index is 694. The first kappa shape index (κ1) is 16.6. The van der Waals surface area contributed by atoms with E-state index in [1.54, 1.807) is 0 Å². The molecule has 0 atom stereocenters. The lowest BCUT2D eigenvalue weighted by Gasteiger charge is -2.23. The van der Waals surface area contributed by atoms with E-state index in [0.29, 0.717) is 6.61 Å². The minimum Gasteiger partial charge on any atom is -0.494 e. The highest BCUT2D eigenvalue weighted by molar-refractivity contribution is 5.82. The van der Waals surface area contributed by atoms with Crippen molar-refractivity contribution in [2.45, 2.75) is 40.0 Å². The molecule has 0 saturated carbocycles. The maximum absolute atomic E-state index is 5.53. The number of hydrogen-bond acceptors (Lipinski definition) is 3. The molecule has 0 spiro atoms. The van der Waals surface area contributed by atoms with Gasteiger partial charge in [0.25, 0.3) is 0 Å². The highest BCUT2D eigenvalue weighted by Crippen LogP contribution is 2.22. The smallest absolute Gasteiger partial charge is 0.119 e. The molecule has 0 N–H and O–H groups in total. The van der Waals surface area contributed by atoms with E-state index >= 15 is 0 Å². The second kappa shape index (κ2) is 7.56. The van der Waals surface area contributed by atoms with E-state index in [0.717, 1.165) is 24.5 Å². The predicted octanol–water partition coefficient (Wildman–Crippen LogP) is 4.31. The Morgan fingerprint density at radius 3 is 2.46 bits per heavy atom. The molecule has 0 aliphatic carbocycles. The summed E-state index contributed by atoms with van der Waals surface area (Å²) >= 11 is 0. The van der Waals surface area contributed by atoms with Crippen LogP contribution in [0.15, 0.2) is 35.4 Å². The van der Waals surface area contributed by atoms with Crippen molar-refractivity contribution < 1.29 is 4.74 Å². The van der Waals surface area contributed by atoms with Crippen LogP contribution in [0.25, 0.3) is 5.69 Å². The van der Waals surface area contributed by atoms with Gasteiger partial charge in [0.1, 0.15) is 5.75 Å². The molecule has 0 unspecified atom stereocenters. The van der Waals surface area contributed by atoms with Gasteiger partial charge in [-0.2, -0.15) is 5.10 Å². The quantitative estimate of drug-likeness (QED) is 0.767. The average molecular weight is 325 g/mol. The van der Waals surface area contributed by atoms with Crippen LogP contribution in [0.5, 0.6) is 5.75 Å². The number of benzene rings is 1. The van der Waals surface area contributed by atoms with Crippen molar-refractivity contribution in [1.82, 2.24) is 9.58 Å². The number of rotatable bonds is 5. The topological polar surface area (TPSA) is 29.8 Å². The van der Waals surface area contributed by atoms with Gasteiger partial charge in [0.05, 0.1) is 12.8 Å². The molecule has 1 aliphatic rings. The predicted molar refractivity (Wildman–Crippen MR) is 99.4 cm³/mol. The van der Waals surface area contributed by atoms with Crippen molar-refractivity contribution in [2.24, 2.45) is 5.10 Å². The first-order valence-electron chi connectivity index (χ1n) is 8.90. The summed E-state index contributed by atoms with van der Waals surface area (Å²) in [4.78, 5) is 0. The van der Waals surface area contributed by atoms with E-state index < -0.39 is 0 Å². The van der Waals surface area contributed by atoms with Gasteiger partial charge >= 0.3 is 0 Å². The van der Waals surface area contributed by atoms with Crippen LogP contribution < -0.4 is 4.74 Å². The van der Waals surface area contributed by atoms with Crippen molar-refractivity contribution >= 4 is 6.21 Å². The third kappa shape index (κ3) is 3.64. The SMILES string of the molecule is CCOc1ccc(-n2c(C)cc(C=NN3CCCCC3)c2C)cc1. The largest absolute Gasteiger partial charge is 0.494 e. The zero-order valence-electron chi connectivity index (χ0n) is 15.0. The van der Waals surface area contributed by atoms with Crippen LogP contribution in [0.2, 0.25) is 0 Å². The molecule has 1 aliphatic heterocycles. The number of hydrazone groups is 1. The van der Waals surface area contributed by atoms with Crippen LogP contribution >= 0.6 is 0 Å². The van der Waals surface area contributed by atoms with Gasteiger partial charge in [0.15, 0.2) is 0 Å². The van der Waals surface area contributed by atoms with Crippen LogP contribution in [0, 0.1) is 13.8 Å². The molecular formula is C20H27N3O. The highest BCUT2D eigenvalue weighted by atomic mass is 16.5. The Morgan fingerprint density at radius 2 is 1.79 bits per heavy atom. The molecule has 2 heterocycles. The number of ether oxygens (including phenoxy) is 1. The number of piperidine rings is 1. The zero-order valence-corrected chi connectivity index (χ0v) is 15.0. The molecule has 0 bridgehead atoms. The van der Waals surface area contributed by atoms with Crippen molar-refractivity contribution in [3.05, 3.63) is 47.3 Å². The summed E-state index contributed by atoms with van der Waals surface area (Å²) in [7, 11) is 0. The third-order valence-corrected chi connectivity index (χ3v) is 4.57. The van der Waals surface area contributed by atoms with Gasteiger partial charge in [-0.3, -0.25) is 5.01 Å². The van der Waals surface area contributed by atoms with Gasteiger partial charge in [0, 0.05) is 35.7 Å². The Morgan fingerprint density at radius 1 is 1.08 bits per heavy atom. The molecule has 24 heavy (non-hydrogen) atoms. The van der Waals surface area contributed by atoms with E-state index in [-0.39, 0.29) is 0 Å². The summed E-state index contributed by atoms with van der Waals surface area (Å²) in [5.74, 6) is 0.913. The van der Waals surface area contributed by atoms with Crippen molar-refractivity contribution in [3.8, 4) is 11.4 Å². The molecule has 1 saturated heterocycles. The summed E-state index contributed by atoms with van der Waals surface area (Å²) < 4.78 is 7.80. The molecule has 0 amide bonds. The minimum absolute atomic E-state index is 0.692. The molecule has 4 heteroatoms. The fraction of sp³-hybridized carbons (Fsp3) is 0.450. The van der Waals surface area contributed by atoms with Crippen molar-refractivity contribution in [2.75, 3.05) is 19.7 Å². The van der Waals surface area contributed by atoms with Gasteiger partial charge in [-0.15, -0.1) is 0 Å². The standard InChI is InChI=1S/C20H27N3O/c1-4-24-20-10-8-19(9-11-20)23-16(2)14-18(17(23)3)15-21-22-12-6-5-7-13-22/h8-11,14-15H,4-7,12-13H2,1-3H3. The van der Waals surface area contributed by atoms with Gasteiger partial charge in [0.2, 0.25) is 0 Å². The number of hydrogen-bond donors (Lipinski definition) is 0. The fourth-order valence-corrected chi connectivity index (χ4v) is 3.31. The van der Waals surface area contributed by atoms with Gasteiger partial charge < -0.3 is 9.30 Å². The normalized spacial score (nSPS) is 15.2. The van der Waals surface area contributed by atoms with Crippen LogP contribution in [-0.4, -0.2) is 35.5 Å². The molecule has 1 aromatic carbocycles. The Labute approximate surface area is 144 Å². The zero-order chi connectivity index (χ0) is 16.9. The average Bonchev–Trinajstić information content (AvgIpc) is 2.89. The minimum atomic E-state index is 0.692. The summed E-state index contributed by atoms with van der Waals surface area (Å²) in [6, 6.07) is 10.5. The molecule has 1 aromatic heterocycles. The van der Waals surface area contributed by atoms with Crippen LogP contribution in [0.1, 0.15) is 43.1 Å². The Balaban J connectivity index is 1.81. The Hall–Kier alpha value is -2.23. The molecule has 2 aromatic rings. The monoisotopic (exact) mass is 325 g/mol. The molecule has 0 radical (unpaired) electrons. The van der Waals surface area contributed by atoms with Gasteiger partial charge in [-0.1, -0.05) is 0 Å². The first-order valence-corrected chi connectivity index (χ1v) is 8.90. The molecule has 4 nitrogen and oxygen atoms in total. The van der Waals surface area contributed by atoms with Crippen molar-refractivity contribution in [3.63, 3.8) is 0 Å². The number of nitrogens with zero attached hydrogens (tertiary/aromatic N) is 3. The van der Waals surface area contributed by atoms with Crippen LogP contribution in [0.3, 0.4) is 0 Å². The molecular weight excluding hydrogens is 298 g/mol. The number of aryl methyl sites for hydroxylation is 1. The number of aromatic nitrogens is 1. The van der Waals surface area contributed by atoms with Gasteiger partial charge in [-0.05, 0) is 70.4 Å². The van der Waals surface area contributed by atoms with Crippen LogP contribution in [-0.2, 0) is 0 Å². The molecule has 3 rings (SSSR count). The third-order valence-electron chi connectivity index (χ3n) is 4.57. The lowest BCUT2D eigenvalue weighted by molar-refractivity contribution is 0.240. The van der Waals surface area contributed by atoms with Crippen LogP contribution in [0.4, 0.5) is 0 Å². The summed E-state index contributed by atoms with van der Waals surface area (Å²) in [6.45, 7) is 9.14. The van der Waals surface area contributed by atoms with E-state index in [1.807, 2.05) is 25.3 Å². The molecule has 128 valence electrons. The van der Waals surface area contributed by atoms with E-state index in [2.05, 4.69) is 46.7 Å². The van der Waals surface area contributed by atoms with E-state index in [4.69, 9.17) is 4.74 Å². The maximum atomic E-state index is 5.53. The molecule has 1 fully saturated rings. The Kier molecular flexibility index (Phi) is 5.24. The maximum Gasteiger partial charge on any atom is 0.119 e. The van der Waals surface area contributed by atoms with E-state index in [9.17, 15) is 0 Å². The van der Waals surface area contributed by atoms with Crippen molar-refractivity contribution in [1.29, 1.82) is 0 Å². The lowest BCUT2D eigenvalue weighted by atomic mass is 10.2. The first-order chi connectivity index (χ1) is 11.7.